The maximum Gasteiger partial charge on any atom is 0.317 e. The summed E-state index contributed by atoms with van der Waals surface area (Å²) in [4.78, 5) is 16.8. The van der Waals surface area contributed by atoms with Crippen molar-refractivity contribution in [1.82, 2.24) is 15.1 Å². The van der Waals surface area contributed by atoms with Crippen LogP contribution in [0.3, 0.4) is 0 Å². The highest BCUT2D eigenvalue weighted by Gasteiger charge is 2.27. The van der Waals surface area contributed by atoms with Gasteiger partial charge in [0.05, 0.1) is 12.2 Å². The molecular formula is C20H31N3O2. The zero-order valence-electron chi connectivity index (χ0n) is 15.5. The first-order valence-electron chi connectivity index (χ1n) is 9.54. The third-order valence-corrected chi connectivity index (χ3v) is 5.18. The molecular weight excluding hydrogens is 314 g/mol. The van der Waals surface area contributed by atoms with Crippen LogP contribution in [0.1, 0.15) is 25.8 Å². The van der Waals surface area contributed by atoms with Gasteiger partial charge in [0.1, 0.15) is 0 Å². The average molecular weight is 345 g/mol. The third-order valence-electron chi connectivity index (χ3n) is 5.18. The van der Waals surface area contributed by atoms with E-state index in [2.05, 4.69) is 40.5 Å². The van der Waals surface area contributed by atoms with Crippen molar-refractivity contribution < 1.29 is 9.53 Å². The molecule has 5 heteroatoms. The summed E-state index contributed by atoms with van der Waals surface area (Å²) in [6, 6.07) is 10.7. The maximum absolute atomic E-state index is 12.4. The van der Waals surface area contributed by atoms with Crippen molar-refractivity contribution in [2.45, 2.75) is 38.9 Å². The fourth-order valence-electron chi connectivity index (χ4n) is 3.90. The van der Waals surface area contributed by atoms with Gasteiger partial charge in [-0.3, -0.25) is 0 Å². The Bertz CT molecular complexity index is 541. The topological polar surface area (TPSA) is 44.8 Å². The molecule has 2 saturated heterocycles. The minimum Gasteiger partial charge on any atom is -0.372 e. The molecule has 2 fully saturated rings. The highest BCUT2D eigenvalue weighted by atomic mass is 16.5. The number of carbonyl (C=O) groups excluding carboxylic acids is 1. The van der Waals surface area contributed by atoms with Crippen LogP contribution in [0.2, 0.25) is 0 Å². The lowest BCUT2D eigenvalue weighted by Crippen LogP contribution is -2.52. The Morgan fingerprint density at radius 3 is 2.60 bits per heavy atom. The predicted octanol–water partition coefficient (Wildman–Crippen LogP) is 2.37. The van der Waals surface area contributed by atoms with Crippen LogP contribution in [-0.2, 0) is 11.2 Å². The molecule has 0 spiro atoms. The van der Waals surface area contributed by atoms with Gasteiger partial charge in [-0.25, -0.2) is 4.79 Å². The second-order valence-corrected chi connectivity index (χ2v) is 7.54. The summed E-state index contributed by atoms with van der Waals surface area (Å²) in [5.41, 5.74) is 1.40. The standard InChI is InChI=1S/C20H31N3O2/c1-16-13-23(14-17(2)25-16)20(24)21-12-19-9-11-22(15-19)10-8-18-6-4-3-5-7-18/h3-7,16-17,19H,8-15H2,1-2H3,(H,21,24)/t16-,17-,19-/m1/s1. The summed E-state index contributed by atoms with van der Waals surface area (Å²) in [7, 11) is 0. The van der Waals surface area contributed by atoms with Crippen molar-refractivity contribution in [1.29, 1.82) is 0 Å². The Balaban J connectivity index is 1.36. The lowest BCUT2D eigenvalue weighted by molar-refractivity contribution is -0.0545. The largest absolute Gasteiger partial charge is 0.372 e. The minimum absolute atomic E-state index is 0.0599. The molecule has 5 nitrogen and oxygen atoms in total. The van der Waals surface area contributed by atoms with E-state index in [4.69, 9.17) is 4.74 Å². The predicted molar refractivity (Wildman–Crippen MR) is 99.7 cm³/mol. The number of hydrogen-bond donors (Lipinski definition) is 1. The van der Waals surface area contributed by atoms with E-state index < -0.39 is 0 Å². The molecule has 0 saturated carbocycles. The molecule has 2 amide bonds. The number of hydrogen-bond acceptors (Lipinski definition) is 3. The number of urea groups is 1. The van der Waals surface area contributed by atoms with Crippen molar-refractivity contribution >= 4 is 6.03 Å². The molecule has 0 unspecified atom stereocenters. The van der Waals surface area contributed by atoms with Crippen molar-refractivity contribution in [2.24, 2.45) is 5.92 Å². The zero-order valence-corrected chi connectivity index (χ0v) is 15.5. The van der Waals surface area contributed by atoms with Crippen molar-refractivity contribution in [2.75, 3.05) is 39.3 Å². The number of carbonyl (C=O) groups is 1. The zero-order chi connectivity index (χ0) is 17.6. The number of nitrogens with zero attached hydrogens (tertiary/aromatic N) is 2. The van der Waals surface area contributed by atoms with E-state index in [0.717, 1.165) is 32.6 Å². The number of nitrogens with one attached hydrogen (secondary N) is 1. The van der Waals surface area contributed by atoms with Gasteiger partial charge >= 0.3 is 6.03 Å². The highest BCUT2D eigenvalue weighted by Crippen LogP contribution is 2.16. The molecule has 1 aromatic carbocycles. The van der Waals surface area contributed by atoms with Crippen LogP contribution in [0.5, 0.6) is 0 Å². The molecule has 0 radical (unpaired) electrons. The first-order chi connectivity index (χ1) is 12.1. The van der Waals surface area contributed by atoms with Gasteiger partial charge in [-0.15, -0.1) is 0 Å². The van der Waals surface area contributed by atoms with E-state index in [9.17, 15) is 4.79 Å². The van der Waals surface area contributed by atoms with Crippen molar-refractivity contribution in [3.8, 4) is 0 Å². The Morgan fingerprint density at radius 2 is 1.88 bits per heavy atom. The molecule has 0 aliphatic carbocycles. The molecule has 138 valence electrons. The van der Waals surface area contributed by atoms with Gasteiger partial charge in [-0.2, -0.15) is 0 Å². The summed E-state index contributed by atoms with van der Waals surface area (Å²) in [5, 5.41) is 3.13. The van der Waals surface area contributed by atoms with Gasteiger partial charge in [0.15, 0.2) is 0 Å². The van der Waals surface area contributed by atoms with E-state index in [0.29, 0.717) is 19.0 Å². The SMILES string of the molecule is C[C@@H]1CN(C(=O)NC[C@H]2CCN(CCc3ccccc3)C2)C[C@@H](C)O1. The second-order valence-electron chi connectivity index (χ2n) is 7.54. The average Bonchev–Trinajstić information content (AvgIpc) is 3.06. The first kappa shape index (κ1) is 18.2. The van der Waals surface area contributed by atoms with Crippen LogP contribution >= 0.6 is 0 Å². The summed E-state index contributed by atoms with van der Waals surface area (Å²) >= 11 is 0. The number of benzene rings is 1. The van der Waals surface area contributed by atoms with Crippen LogP contribution < -0.4 is 5.32 Å². The Labute approximate surface area is 151 Å². The van der Waals surface area contributed by atoms with Crippen molar-refractivity contribution in [3.63, 3.8) is 0 Å². The fourth-order valence-corrected chi connectivity index (χ4v) is 3.90. The fraction of sp³-hybridized carbons (Fsp3) is 0.650. The quantitative estimate of drug-likeness (QED) is 0.891. The normalized spacial score (nSPS) is 27.4. The van der Waals surface area contributed by atoms with Gasteiger partial charge in [0.2, 0.25) is 0 Å². The Morgan fingerprint density at radius 1 is 1.16 bits per heavy atom. The molecule has 3 atom stereocenters. The number of rotatable bonds is 5. The van der Waals surface area contributed by atoms with Crippen LogP contribution in [0.25, 0.3) is 0 Å². The van der Waals surface area contributed by atoms with Crippen LogP contribution in [-0.4, -0.2) is 67.3 Å². The maximum atomic E-state index is 12.4. The summed E-state index contributed by atoms with van der Waals surface area (Å²) < 4.78 is 5.69. The summed E-state index contributed by atoms with van der Waals surface area (Å²) in [5.74, 6) is 0.565. The highest BCUT2D eigenvalue weighted by molar-refractivity contribution is 5.74. The molecule has 2 heterocycles. The molecule has 2 aliphatic rings. The molecule has 3 rings (SSSR count). The Hall–Kier alpha value is -1.59. The van der Waals surface area contributed by atoms with E-state index in [1.807, 2.05) is 18.7 Å². The van der Waals surface area contributed by atoms with Gasteiger partial charge in [-0.1, -0.05) is 30.3 Å². The van der Waals surface area contributed by atoms with Gasteiger partial charge in [0.25, 0.3) is 0 Å². The lowest BCUT2D eigenvalue weighted by Gasteiger charge is -2.35. The molecule has 1 N–H and O–H groups in total. The van der Waals surface area contributed by atoms with E-state index >= 15 is 0 Å². The molecule has 0 aromatic heterocycles. The van der Waals surface area contributed by atoms with E-state index in [1.165, 1.54) is 12.0 Å². The molecule has 25 heavy (non-hydrogen) atoms. The molecule has 1 aromatic rings. The van der Waals surface area contributed by atoms with Gasteiger partial charge < -0.3 is 19.9 Å². The van der Waals surface area contributed by atoms with Crippen LogP contribution in [0.4, 0.5) is 4.79 Å². The monoisotopic (exact) mass is 345 g/mol. The number of morpholine rings is 1. The summed E-state index contributed by atoms with van der Waals surface area (Å²) in [6.45, 7) is 9.53. The van der Waals surface area contributed by atoms with Crippen LogP contribution in [0.15, 0.2) is 30.3 Å². The number of ether oxygens (including phenoxy) is 1. The van der Waals surface area contributed by atoms with Crippen molar-refractivity contribution in [3.05, 3.63) is 35.9 Å². The lowest BCUT2D eigenvalue weighted by atomic mass is 10.1. The molecule has 2 aliphatic heterocycles. The molecule has 0 bridgehead atoms. The first-order valence-corrected chi connectivity index (χ1v) is 9.54. The van der Waals surface area contributed by atoms with E-state index in [1.54, 1.807) is 0 Å². The number of likely N-dealkylation sites (tertiary alicyclic amines) is 1. The Kier molecular flexibility index (Phi) is 6.32. The van der Waals surface area contributed by atoms with Gasteiger partial charge in [0, 0.05) is 32.7 Å². The van der Waals surface area contributed by atoms with Crippen LogP contribution in [0, 0.1) is 5.92 Å². The minimum atomic E-state index is 0.0599. The third kappa shape index (κ3) is 5.44. The van der Waals surface area contributed by atoms with E-state index in [-0.39, 0.29) is 18.2 Å². The summed E-state index contributed by atoms with van der Waals surface area (Å²) in [6.07, 6.45) is 2.51. The smallest absolute Gasteiger partial charge is 0.317 e. The van der Waals surface area contributed by atoms with Gasteiger partial charge in [-0.05, 0) is 44.7 Å². The second kappa shape index (κ2) is 8.68. The number of amides is 2.